The van der Waals surface area contributed by atoms with E-state index >= 15 is 0 Å². The van der Waals surface area contributed by atoms with Crippen LogP contribution in [0.5, 0.6) is 0 Å². The van der Waals surface area contributed by atoms with Gasteiger partial charge in [-0.2, -0.15) is 9.72 Å². The van der Waals surface area contributed by atoms with Crippen LogP contribution in [0.15, 0.2) is 28.3 Å². The molecule has 0 radical (unpaired) electrons. The lowest BCUT2D eigenvalue weighted by molar-refractivity contribution is 0.159. The first-order chi connectivity index (χ1) is 7.52. The number of hydrogen-bond donors (Lipinski definition) is 2. The van der Waals surface area contributed by atoms with Crippen molar-refractivity contribution in [1.82, 2.24) is 10.0 Å². The molecular weight excluding hydrogens is 226 g/mol. The Balaban J connectivity index is 2.95. The average Bonchev–Trinajstić information content (AvgIpc) is 2.19. The molecule has 0 bridgehead atoms. The van der Waals surface area contributed by atoms with Gasteiger partial charge in [-0.15, -0.1) is 11.8 Å². The zero-order chi connectivity index (χ0) is 12.1. The second kappa shape index (κ2) is 5.60. The summed E-state index contributed by atoms with van der Waals surface area (Å²) in [7, 11) is 0. The van der Waals surface area contributed by atoms with Gasteiger partial charge in [0.05, 0.1) is 5.36 Å². The van der Waals surface area contributed by atoms with Crippen LogP contribution >= 0.6 is 11.8 Å². The summed E-state index contributed by atoms with van der Waals surface area (Å²) in [5.74, 6) is 0. The zero-order valence-electron chi connectivity index (χ0n) is 9.47. The largest absolute Gasteiger partial charge is 0.428 e. The molecule has 0 spiro atoms. The van der Waals surface area contributed by atoms with Gasteiger partial charge >= 0.3 is 6.03 Å². The third kappa shape index (κ3) is 3.62. The van der Waals surface area contributed by atoms with Crippen molar-refractivity contribution < 1.29 is 10.0 Å². The molecule has 1 rings (SSSR count). The van der Waals surface area contributed by atoms with Gasteiger partial charge in [-0.3, -0.25) is 0 Å². The summed E-state index contributed by atoms with van der Waals surface area (Å²) in [6, 6.07) is 2.89. The Morgan fingerprint density at radius 2 is 2.31 bits per heavy atom. The maximum absolute atomic E-state index is 11.4. The van der Waals surface area contributed by atoms with Gasteiger partial charge in [0.15, 0.2) is 0 Å². The third-order valence-electron chi connectivity index (χ3n) is 1.74. The van der Waals surface area contributed by atoms with Gasteiger partial charge < -0.3 is 10.5 Å². The monoisotopic (exact) mass is 241 g/mol. The molecule has 0 saturated carbocycles. The van der Waals surface area contributed by atoms with E-state index in [9.17, 15) is 10.0 Å². The van der Waals surface area contributed by atoms with Crippen LogP contribution in [0.4, 0.5) is 4.79 Å². The number of thioether (sulfide) groups is 1. The van der Waals surface area contributed by atoms with E-state index in [0.29, 0.717) is 10.4 Å². The zero-order valence-corrected chi connectivity index (χ0v) is 10.3. The Bertz CT molecular complexity index is 440. The van der Waals surface area contributed by atoms with Crippen LogP contribution in [0.3, 0.4) is 0 Å². The summed E-state index contributed by atoms with van der Waals surface area (Å²) in [6.07, 6.45) is 3.29. The fourth-order valence-electron chi connectivity index (χ4n) is 1.08. The van der Waals surface area contributed by atoms with E-state index in [1.54, 1.807) is 12.1 Å². The highest BCUT2D eigenvalue weighted by Crippen LogP contribution is 2.09. The van der Waals surface area contributed by atoms with Crippen LogP contribution in [0.25, 0.3) is 0 Å². The molecule has 2 N–H and O–H groups in total. The number of nitrogens with zero attached hydrogens (tertiary/aromatic N) is 2. The molecule has 0 fully saturated rings. The van der Waals surface area contributed by atoms with Gasteiger partial charge in [0.1, 0.15) is 5.03 Å². The lowest BCUT2D eigenvalue weighted by atomic mass is 10.4. The summed E-state index contributed by atoms with van der Waals surface area (Å²) in [5.41, 5.74) is 0. The number of amides is 2. The topological polar surface area (TPSA) is 66.6 Å². The maximum Gasteiger partial charge on any atom is 0.341 e. The first-order valence-electron chi connectivity index (χ1n) is 4.84. The highest BCUT2D eigenvalue weighted by Gasteiger charge is 2.00. The van der Waals surface area contributed by atoms with Crippen LogP contribution in [0, 0.1) is 0 Å². The van der Waals surface area contributed by atoms with E-state index < -0.39 is 0 Å². The van der Waals surface area contributed by atoms with E-state index in [4.69, 9.17) is 0 Å². The molecule has 16 heavy (non-hydrogen) atoms. The first kappa shape index (κ1) is 12.6. The molecule has 0 saturated heterocycles. The van der Waals surface area contributed by atoms with Gasteiger partial charge in [0, 0.05) is 12.2 Å². The average molecular weight is 241 g/mol. The van der Waals surface area contributed by atoms with Gasteiger partial charge in [-0.25, -0.2) is 4.79 Å². The number of pyridine rings is 1. The molecule has 1 heterocycles. The lowest BCUT2D eigenvalue weighted by Crippen LogP contribution is -2.28. The van der Waals surface area contributed by atoms with Crippen LogP contribution in [0.1, 0.15) is 13.8 Å². The van der Waals surface area contributed by atoms with Gasteiger partial charge in [-0.05, 0) is 32.2 Å². The van der Waals surface area contributed by atoms with Crippen molar-refractivity contribution >= 4 is 17.8 Å². The van der Waals surface area contributed by atoms with E-state index in [2.05, 4.69) is 10.3 Å². The number of hydrogen-bond acceptors (Lipinski definition) is 3. The van der Waals surface area contributed by atoms with E-state index in [1.165, 1.54) is 18.0 Å². The van der Waals surface area contributed by atoms with Crippen molar-refractivity contribution in [3.63, 3.8) is 0 Å². The standard InChI is InChI=1S/C10H15N3O2S/c1-7(2)11-10(14)12-8-4-5-13(15)9(6-8)16-3/h4-7,15H,1-3H3,(H,11,14). The number of aromatic nitrogens is 1. The summed E-state index contributed by atoms with van der Waals surface area (Å²) in [6.45, 7) is 3.74. The minimum Gasteiger partial charge on any atom is -0.428 e. The molecule has 1 aromatic heterocycles. The van der Waals surface area contributed by atoms with Crippen LogP contribution in [-0.2, 0) is 0 Å². The summed E-state index contributed by atoms with van der Waals surface area (Å²) in [4.78, 5) is 15.2. The van der Waals surface area contributed by atoms with Crippen LogP contribution in [-0.4, -0.2) is 28.3 Å². The Morgan fingerprint density at radius 3 is 2.88 bits per heavy atom. The minimum absolute atomic E-state index is 0.0581. The molecule has 0 aromatic carbocycles. The smallest absolute Gasteiger partial charge is 0.341 e. The highest BCUT2D eigenvalue weighted by atomic mass is 32.2. The molecule has 0 aliphatic carbocycles. The number of carbonyl (C=O) groups is 1. The van der Waals surface area contributed by atoms with Crippen molar-refractivity contribution in [2.45, 2.75) is 24.9 Å². The highest BCUT2D eigenvalue weighted by molar-refractivity contribution is 7.98. The number of rotatable bonds is 2. The molecule has 0 aliphatic rings. The number of urea groups is 1. The normalized spacial score (nSPS) is 11.9. The second-order valence-corrected chi connectivity index (χ2v) is 4.31. The Morgan fingerprint density at radius 1 is 1.62 bits per heavy atom. The molecular formula is C10H15N3O2S. The SMILES string of the molecule is CSc1cc(=NC(=O)NC(C)C)ccn1O. The van der Waals surface area contributed by atoms with E-state index in [0.717, 1.165) is 4.73 Å². The fourth-order valence-corrected chi connectivity index (χ4v) is 1.57. The first-order valence-corrected chi connectivity index (χ1v) is 6.06. The Labute approximate surface area is 98.2 Å². The predicted octanol–water partition coefficient (Wildman–Crippen LogP) is 1.47. The number of carbonyl (C=O) groups excluding carboxylic acids is 1. The van der Waals surface area contributed by atoms with Crippen LogP contribution in [0.2, 0.25) is 0 Å². The van der Waals surface area contributed by atoms with Crippen molar-refractivity contribution in [2.75, 3.05) is 6.26 Å². The molecule has 0 unspecified atom stereocenters. The quantitative estimate of drug-likeness (QED) is 0.608. The summed E-state index contributed by atoms with van der Waals surface area (Å²) in [5, 5.41) is 13.2. The lowest BCUT2D eigenvalue weighted by Gasteiger charge is -2.04. The molecule has 88 valence electrons. The second-order valence-electron chi connectivity index (χ2n) is 3.49. The number of nitrogens with one attached hydrogen (secondary N) is 1. The molecule has 0 atom stereocenters. The molecule has 6 heteroatoms. The Hall–Kier alpha value is -1.43. The predicted molar refractivity (Wildman–Crippen MR) is 62.6 cm³/mol. The van der Waals surface area contributed by atoms with Gasteiger partial charge in [-0.1, -0.05) is 0 Å². The Kier molecular flexibility index (Phi) is 4.42. The van der Waals surface area contributed by atoms with Crippen molar-refractivity contribution in [2.24, 2.45) is 4.99 Å². The molecule has 0 aliphatic heterocycles. The van der Waals surface area contributed by atoms with Crippen molar-refractivity contribution in [1.29, 1.82) is 0 Å². The molecule has 5 nitrogen and oxygen atoms in total. The van der Waals surface area contributed by atoms with Gasteiger partial charge in [0.25, 0.3) is 0 Å². The third-order valence-corrected chi connectivity index (χ3v) is 2.46. The van der Waals surface area contributed by atoms with E-state index in [1.807, 2.05) is 20.1 Å². The summed E-state index contributed by atoms with van der Waals surface area (Å²) >= 11 is 1.37. The van der Waals surface area contributed by atoms with Gasteiger partial charge in [0.2, 0.25) is 0 Å². The van der Waals surface area contributed by atoms with Crippen molar-refractivity contribution in [3.05, 3.63) is 23.7 Å². The molecule has 2 amide bonds. The fraction of sp³-hybridized carbons (Fsp3) is 0.400. The van der Waals surface area contributed by atoms with E-state index in [-0.39, 0.29) is 12.1 Å². The molecule has 1 aromatic rings. The summed E-state index contributed by atoms with van der Waals surface area (Å²) < 4.78 is 0.990. The van der Waals surface area contributed by atoms with Crippen molar-refractivity contribution in [3.8, 4) is 0 Å². The van der Waals surface area contributed by atoms with Crippen LogP contribution < -0.4 is 10.7 Å². The maximum atomic E-state index is 11.4. The minimum atomic E-state index is -0.377.